The van der Waals surface area contributed by atoms with E-state index >= 15 is 0 Å². The van der Waals surface area contributed by atoms with Crippen LogP contribution in [0.1, 0.15) is 30.5 Å². The third-order valence-corrected chi connectivity index (χ3v) is 3.65. The van der Waals surface area contributed by atoms with Crippen molar-refractivity contribution in [2.24, 2.45) is 0 Å². The molecule has 0 unspecified atom stereocenters. The number of aliphatic hydroxyl groups is 1. The molecule has 116 valence electrons. The number of thiazole rings is 1. The van der Waals surface area contributed by atoms with Crippen molar-refractivity contribution in [3.8, 4) is 0 Å². The molecule has 0 aliphatic rings. The molecule has 0 spiro atoms. The van der Waals surface area contributed by atoms with Gasteiger partial charge >= 0.3 is 6.18 Å². The molecule has 0 aliphatic carbocycles. The van der Waals surface area contributed by atoms with E-state index in [4.69, 9.17) is 0 Å². The molecule has 6 heteroatoms. The van der Waals surface area contributed by atoms with Gasteiger partial charge in [0.2, 0.25) is 0 Å². The Hall–Kier alpha value is -1.40. The second-order valence-electron chi connectivity index (χ2n) is 4.65. The van der Waals surface area contributed by atoms with E-state index in [0.29, 0.717) is 11.3 Å². The van der Waals surface area contributed by atoms with Crippen molar-refractivity contribution in [3.05, 3.63) is 46.0 Å². The van der Waals surface area contributed by atoms with Gasteiger partial charge in [-0.15, -0.1) is 17.9 Å². The van der Waals surface area contributed by atoms with Crippen molar-refractivity contribution < 1.29 is 18.3 Å². The predicted octanol–water partition coefficient (Wildman–Crippen LogP) is 4.67. The average molecular weight is 317 g/mol. The van der Waals surface area contributed by atoms with Crippen LogP contribution in [-0.4, -0.2) is 22.4 Å². The van der Waals surface area contributed by atoms with Gasteiger partial charge in [-0.3, -0.25) is 0 Å². The molecule has 0 aromatic carbocycles. The van der Waals surface area contributed by atoms with Crippen LogP contribution in [0.3, 0.4) is 0 Å². The first-order chi connectivity index (χ1) is 9.74. The summed E-state index contributed by atoms with van der Waals surface area (Å²) < 4.78 is 38.1. The van der Waals surface area contributed by atoms with Crippen molar-refractivity contribution in [3.63, 3.8) is 0 Å². The molecule has 21 heavy (non-hydrogen) atoms. The third-order valence-electron chi connectivity index (χ3n) is 2.85. The SMILES string of the molecule is C=CCC(=CC[C@H](O)C(C)=Cc1csc(C)n1)C(F)(F)F. The Morgan fingerprint density at radius 2 is 2.19 bits per heavy atom. The lowest BCUT2D eigenvalue weighted by Gasteiger charge is -2.12. The number of aryl methyl sites for hydroxylation is 1. The van der Waals surface area contributed by atoms with E-state index in [1.807, 2.05) is 12.3 Å². The smallest absolute Gasteiger partial charge is 0.388 e. The van der Waals surface area contributed by atoms with Crippen LogP contribution in [-0.2, 0) is 0 Å². The largest absolute Gasteiger partial charge is 0.412 e. The normalized spacial score (nSPS) is 15.1. The van der Waals surface area contributed by atoms with Crippen LogP contribution in [0.25, 0.3) is 6.08 Å². The summed E-state index contributed by atoms with van der Waals surface area (Å²) in [6.45, 7) is 6.85. The topological polar surface area (TPSA) is 33.1 Å². The second kappa shape index (κ2) is 7.56. The van der Waals surface area contributed by atoms with E-state index in [1.165, 1.54) is 17.4 Å². The number of hydrogen-bond donors (Lipinski definition) is 1. The molecule has 1 atom stereocenters. The molecule has 1 rings (SSSR count). The Labute approximate surface area is 126 Å². The molecule has 0 aliphatic heterocycles. The fraction of sp³-hybridized carbons (Fsp3) is 0.400. The molecule has 0 radical (unpaired) electrons. The highest BCUT2D eigenvalue weighted by molar-refractivity contribution is 7.09. The van der Waals surface area contributed by atoms with Crippen LogP contribution >= 0.6 is 11.3 Å². The third kappa shape index (κ3) is 5.85. The number of halogens is 3. The number of alkyl halides is 3. The molecule has 2 nitrogen and oxygen atoms in total. The average Bonchev–Trinajstić information content (AvgIpc) is 2.78. The summed E-state index contributed by atoms with van der Waals surface area (Å²) in [7, 11) is 0. The molecule has 1 aromatic heterocycles. The van der Waals surface area contributed by atoms with E-state index in [1.54, 1.807) is 13.0 Å². The number of aromatic nitrogens is 1. The molecule has 0 bridgehead atoms. The summed E-state index contributed by atoms with van der Waals surface area (Å²) in [6.07, 6.45) is -1.80. The molecule has 1 N–H and O–H groups in total. The molecular weight excluding hydrogens is 299 g/mol. The van der Waals surface area contributed by atoms with Crippen molar-refractivity contribution in [2.45, 2.75) is 39.0 Å². The van der Waals surface area contributed by atoms with E-state index in [0.717, 1.165) is 11.1 Å². The monoisotopic (exact) mass is 317 g/mol. The van der Waals surface area contributed by atoms with E-state index < -0.39 is 17.9 Å². The first-order valence-electron chi connectivity index (χ1n) is 6.39. The zero-order chi connectivity index (χ0) is 16.0. The highest BCUT2D eigenvalue weighted by atomic mass is 32.1. The Morgan fingerprint density at radius 1 is 1.52 bits per heavy atom. The van der Waals surface area contributed by atoms with Crippen LogP contribution in [0.4, 0.5) is 13.2 Å². The fourth-order valence-corrected chi connectivity index (χ4v) is 2.26. The van der Waals surface area contributed by atoms with Crippen molar-refractivity contribution in [1.82, 2.24) is 4.98 Å². The van der Waals surface area contributed by atoms with E-state index in [-0.39, 0.29) is 12.8 Å². The van der Waals surface area contributed by atoms with Gasteiger partial charge in [0.05, 0.1) is 16.8 Å². The lowest BCUT2D eigenvalue weighted by Crippen LogP contribution is -2.13. The number of rotatable bonds is 6. The van der Waals surface area contributed by atoms with Crippen LogP contribution < -0.4 is 0 Å². The van der Waals surface area contributed by atoms with E-state index in [9.17, 15) is 18.3 Å². The van der Waals surface area contributed by atoms with Gasteiger partial charge in [0.25, 0.3) is 0 Å². The summed E-state index contributed by atoms with van der Waals surface area (Å²) >= 11 is 1.48. The summed E-state index contributed by atoms with van der Waals surface area (Å²) in [5.74, 6) is 0. The Kier molecular flexibility index (Phi) is 6.36. The number of hydrogen-bond acceptors (Lipinski definition) is 3. The van der Waals surface area contributed by atoms with Crippen molar-refractivity contribution in [2.75, 3.05) is 0 Å². The Balaban J connectivity index is 2.77. The highest BCUT2D eigenvalue weighted by Crippen LogP contribution is 2.29. The van der Waals surface area contributed by atoms with Gasteiger partial charge < -0.3 is 5.11 Å². The summed E-state index contributed by atoms with van der Waals surface area (Å²) in [5.41, 5.74) is 0.602. The van der Waals surface area contributed by atoms with Gasteiger partial charge in [0, 0.05) is 11.0 Å². The maximum absolute atomic E-state index is 12.7. The lowest BCUT2D eigenvalue weighted by molar-refractivity contribution is -0.0932. The van der Waals surface area contributed by atoms with E-state index in [2.05, 4.69) is 11.6 Å². The Morgan fingerprint density at radius 3 is 2.67 bits per heavy atom. The van der Waals surface area contributed by atoms with Gasteiger partial charge in [0.1, 0.15) is 0 Å². The molecule has 1 aromatic rings. The Bertz CT molecular complexity index is 543. The predicted molar refractivity (Wildman–Crippen MR) is 80.1 cm³/mol. The summed E-state index contributed by atoms with van der Waals surface area (Å²) in [5, 5.41) is 12.7. The van der Waals surface area contributed by atoms with Gasteiger partial charge in [-0.05, 0) is 38.3 Å². The molecule has 0 saturated heterocycles. The van der Waals surface area contributed by atoms with Crippen LogP contribution in [0.5, 0.6) is 0 Å². The first-order valence-corrected chi connectivity index (χ1v) is 7.27. The summed E-state index contributed by atoms with van der Waals surface area (Å²) in [4.78, 5) is 4.22. The van der Waals surface area contributed by atoms with Crippen LogP contribution in [0, 0.1) is 6.92 Å². The molecule has 1 heterocycles. The van der Waals surface area contributed by atoms with Gasteiger partial charge in [-0.1, -0.05) is 12.2 Å². The highest BCUT2D eigenvalue weighted by Gasteiger charge is 2.32. The standard InChI is InChI=1S/C15H18F3NOS/c1-4-5-12(15(16,17)18)6-7-14(20)10(2)8-13-9-21-11(3)19-13/h4,6,8-9,14,20H,1,5,7H2,2-3H3/t14-/m0/s1. The maximum Gasteiger partial charge on any atom is 0.412 e. The van der Waals surface area contributed by atoms with Crippen molar-refractivity contribution in [1.29, 1.82) is 0 Å². The lowest BCUT2D eigenvalue weighted by atomic mass is 10.0. The number of nitrogens with zero attached hydrogens (tertiary/aromatic N) is 1. The molecule has 0 saturated carbocycles. The minimum atomic E-state index is -4.39. The summed E-state index contributed by atoms with van der Waals surface area (Å²) in [6, 6.07) is 0. The van der Waals surface area contributed by atoms with Gasteiger partial charge in [-0.2, -0.15) is 13.2 Å². The zero-order valence-corrected chi connectivity index (χ0v) is 12.8. The minimum Gasteiger partial charge on any atom is -0.388 e. The maximum atomic E-state index is 12.7. The van der Waals surface area contributed by atoms with Crippen LogP contribution in [0.2, 0.25) is 0 Å². The quantitative estimate of drug-likeness (QED) is 0.773. The second-order valence-corrected chi connectivity index (χ2v) is 5.71. The molecule has 0 fully saturated rings. The first kappa shape index (κ1) is 17.7. The minimum absolute atomic E-state index is 0.0892. The number of aliphatic hydroxyl groups excluding tert-OH is 1. The van der Waals surface area contributed by atoms with Gasteiger partial charge in [-0.25, -0.2) is 4.98 Å². The molecular formula is C15H18F3NOS. The molecule has 0 amide bonds. The number of allylic oxidation sites excluding steroid dienone is 2. The van der Waals surface area contributed by atoms with Crippen molar-refractivity contribution >= 4 is 17.4 Å². The van der Waals surface area contributed by atoms with Crippen LogP contribution in [0.15, 0.2) is 35.3 Å². The fourth-order valence-electron chi connectivity index (χ4n) is 1.69. The zero-order valence-electron chi connectivity index (χ0n) is 11.9. The van der Waals surface area contributed by atoms with Gasteiger partial charge in [0.15, 0.2) is 0 Å².